The highest BCUT2D eigenvalue weighted by Gasteiger charge is 2.36. The average molecular weight is 232 g/mol. The third kappa shape index (κ3) is 1.75. The van der Waals surface area contributed by atoms with Crippen molar-refractivity contribution >= 4 is 11.6 Å². The molecule has 17 heavy (non-hydrogen) atoms. The second kappa shape index (κ2) is 4.49. The maximum Gasteiger partial charge on any atom is 0.248 e. The van der Waals surface area contributed by atoms with E-state index in [0.717, 1.165) is 24.2 Å². The minimum absolute atomic E-state index is 0.171. The molecule has 3 nitrogen and oxygen atoms in total. The molecular formula is C14H20N2O. The maximum absolute atomic E-state index is 12.3. The number of amides is 1. The first-order valence-electron chi connectivity index (χ1n) is 6.20. The number of benzene rings is 1. The Morgan fingerprint density at radius 2 is 2.06 bits per heavy atom. The molecule has 92 valence electrons. The molecule has 0 aliphatic carbocycles. The van der Waals surface area contributed by atoms with E-state index in [4.69, 9.17) is 0 Å². The lowest BCUT2D eigenvalue weighted by molar-refractivity contribution is -0.119. The molecule has 1 unspecified atom stereocenters. The molecule has 0 fully saturated rings. The van der Waals surface area contributed by atoms with Crippen LogP contribution in [-0.4, -0.2) is 19.5 Å². The van der Waals surface area contributed by atoms with Crippen molar-refractivity contribution in [2.24, 2.45) is 0 Å². The van der Waals surface area contributed by atoms with Gasteiger partial charge in [-0.2, -0.15) is 0 Å². The summed E-state index contributed by atoms with van der Waals surface area (Å²) < 4.78 is 0. The van der Waals surface area contributed by atoms with Crippen molar-refractivity contribution in [3.8, 4) is 0 Å². The van der Waals surface area contributed by atoms with Gasteiger partial charge in [-0.15, -0.1) is 0 Å². The second-order valence-electron chi connectivity index (χ2n) is 4.66. The van der Waals surface area contributed by atoms with Crippen LogP contribution in [0.3, 0.4) is 0 Å². The Morgan fingerprint density at radius 3 is 2.65 bits per heavy atom. The molecule has 0 aromatic heterocycles. The molecule has 1 aromatic carbocycles. The minimum Gasteiger partial charge on any atom is -0.310 e. The molecule has 3 heteroatoms. The normalized spacial score (nSPS) is 18.7. The summed E-state index contributed by atoms with van der Waals surface area (Å²) in [4.78, 5) is 14.2. The number of hydrogen-bond acceptors (Lipinski definition) is 2. The van der Waals surface area contributed by atoms with Gasteiger partial charge in [0.05, 0.1) is 5.69 Å². The Labute approximate surface area is 103 Å². The summed E-state index contributed by atoms with van der Waals surface area (Å²) in [7, 11) is 1.84. The molecule has 1 aliphatic heterocycles. The number of likely N-dealkylation sites (N-methyl/N-ethyl adjacent to an activating group) is 1. The fourth-order valence-corrected chi connectivity index (χ4v) is 2.54. The van der Waals surface area contributed by atoms with Crippen molar-refractivity contribution in [1.29, 1.82) is 0 Å². The number of nitrogens with zero attached hydrogens (tertiary/aromatic N) is 1. The van der Waals surface area contributed by atoms with Crippen LogP contribution in [0.1, 0.15) is 36.1 Å². The molecule has 0 saturated carbocycles. The summed E-state index contributed by atoms with van der Waals surface area (Å²) in [5.74, 6) is 0.179. The number of nitrogens with one attached hydrogen (secondary N) is 1. The lowest BCUT2D eigenvalue weighted by atomic mass is 10.0. The molecule has 0 bridgehead atoms. The Hall–Kier alpha value is -1.35. The van der Waals surface area contributed by atoms with Gasteiger partial charge >= 0.3 is 0 Å². The molecule has 2 rings (SSSR count). The summed E-state index contributed by atoms with van der Waals surface area (Å²) in [6, 6.07) is 4.00. The number of rotatable bonds is 3. The summed E-state index contributed by atoms with van der Waals surface area (Å²) in [5, 5.41) is 3.11. The van der Waals surface area contributed by atoms with Gasteiger partial charge < -0.3 is 10.2 Å². The Bertz CT molecular complexity index is 454. The van der Waals surface area contributed by atoms with Crippen LogP contribution in [0.4, 0.5) is 5.69 Å². The fourth-order valence-electron chi connectivity index (χ4n) is 2.54. The van der Waals surface area contributed by atoms with Crippen molar-refractivity contribution in [1.82, 2.24) is 5.32 Å². The molecule has 1 aromatic rings. The maximum atomic E-state index is 12.3. The fraction of sp³-hybridized carbons (Fsp3) is 0.500. The molecule has 1 N–H and O–H groups in total. The van der Waals surface area contributed by atoms with Crippen LogP contribution in [0.15, 0.2) is 12.1 Å². The van der Waals surface area contributed by atoms with Gasteiger partial charge in [-0.05, 0) is 38.4 Å². The molecule has 1 amide bonds. The van der Waals surface area contributed by atoms with Gasteiger partial charge in [-0.1, -0.05) is 19.1 Å². The van der Waals surface area contributed by atoms with E-state index < -0.39 is 0 Å². The molecule has 1 heterocycles. The van der Waals surface area contributed by atoms with Crippen molar-refractivity contribution in [3.63, 3.8) is 0 Å². The van der Waals surface area contributed by atoms with E-state index in [1.807, 2.05) is 11.9 Å². The van der Waals surface area contributed by atoms with Gasteiger partial charge in [0, 0.05) is 12.1 Å². The Balaban J connectivity index is 2.57. The zero-order valence-electron chi connectivity index (χ0n) is 11.0. The molecule has 1 atom stereocenters. The molecule has 0 spiro atoms. The average Bonchev–Trinajstić information content (AvgIpc) is 2.58. The highest BCUT2D eigenvalue weighted by atomic mass is 16.2. The number of anilines is 1. The van der Waals surface area contributed by atoms with Crippen LogP contribution >= 0.6 is 0 Å². The number of hydrogen-bond donors (Lipinski definition) is 1. The van der Waals surface area contributed by atoms with E-state index in [1.54, 1.807) is 0 Å². The standard InChI is InChI=1S/C14H20N2O/c1-5-8-16-13-10(3)9(2)6-7-11(13)12(15-4)14(16)17/h6-7,12,15H,5,8H2,1-4H3. The van der Waals surface area contributed by atoms with Crippen LogP contribution in [-0.2, 0) is 4.79 Å². The Morgan fingerprint density at radius 1 is 1.35 bits per heavy atom. The summed E-state index contributed by atoms with van der Waals surface area (Å²) in [5.41, 5.74) is 4.71. The third-order valence-corrected chi connectivity index (χ3v) is 3.56. The van der Waals surface area contributed by atoms with E-state index in [2.05, 4.69) is 38.2 Å². The molecule has 0 radical (unpaired) electrons. The number of fused-ring (bicyclic) bond motifs is 1. The van der Waals surface area contributed by atoms with Gasteiger partial charge in [-0.3, -0.25) is 4.79 Å². The van der Waals surface area contributed by atoms with Crippen molar-refractivity contribution in [3.05, 3.63) is 28.8 Å². The van der Waals surface area contributed by atoms with Crippen molar-refractivity contribution in [2.75, 3.05) is 18.5 Å². The smallest absolute Gasteiger partial charge is 0.248 e. The third-order valence-electron chi connectivity index (χ3n) is 3.56. The first kappa shape index (κ1) is 12.1. The first-order chi connectivity index (χ1) is 8.11. The minimum atomic E-state index is -0.171. The first-order valence-corrected chi connectivity index (χ1v) is 6.20. The van der Waals surface area contributed by atoms with Gasteiger partial charge in [-0.25, -0.2) is 0 Å². The van der Waals surface area contributed by atoms with Crippen LogP contribution < -0.4 is 10.2 Å². The van der Waals surface area contributed by atoms with E-state index in [1.165, 1.54) is 11.1 Å². The predicted molar refractivity (Wildman–Crippen MR) is 70.4 cm³/mol. The molecular weight excluding hydrogens is 212 g/mol. The highest BCUT2D eigenvalue weighted by Crippen LogP contribution is 2.39. The van der Waals surface area contributed by atoms with Crippen LogP contribution in [0, 0.1) is 13.8 Å². The van der Waals surface area contributed by atoms with Crippen LogP contribution in [0.2, 0.25) is 0 Å². The number of carbonyl (C=O) groups is 1. The largest absolute Gasteiger partial charge is 0.310 e. The topological polar surface area (TPSA) is 32.3 Å². The highest BCUT2D eigenvalue weighted by molar-refractivity contribution is 6.05. The summed E-state index contributed by atoms with van der Waals surface area (Å²) in [6.07, 6.45) is 0.981. The summed E-state index contributed by atoms with van der Waals surface area (Å²) in [6.45, 7) is 7.10. The van der Waals surface area contributed by atoms with Gasteiger partial charge in [0.2, 0.25) is 5.91 Å². The second-order valence-corrected chi connectivity index (χ2v) is 4.66. The SMILES string of the molecule is CCCN1C(=O)C(NC)c2ccc(C)c(C)c21. The van der Waals surface area contributed by atoms with Crippen LogP contribution in [0.5, 0.6) is 0 Å². The predicted octanol–water partition coefficient (Wildman–Crippen LogP) is 2.32. The summed E-state index contributed by atoms with van der Waals surface area (Å²) >= 11 is 0. The molecule has 1 aliphatic rings. The van der Waals surface area contributed by atoms with Gasteiger partial charge in [0.1, 0.15) is 6.04 Å². The van der Waals surface area contributed by atoms with E-state index >= 15 is 0 Å². The van der Waals surface area contributed by atoms with E-state index in [9.17, 15) is 4.79 Å². The molecule has 0 saturated heterocycles. The number of carbonyl (C=O) groups excluding carboxylic acids is 1. The van der Waals surface area contributed by atoms with Gasteiger partial charge in [0.15, 0.2) is 0 Å². The van der Waals surface area contributed by atoms with Crippen molar-refractivity contribution < 1.29 is 4.79 Å². The van der Waals surface area contributed by atoms with E-state index in [-0.39, 0.29) is 11.9 Å². The van der Waals surface area contributed by atoms with E-state index in [0.29, 0.717) is 0 Å². The lowest BCUT2D eigenvalue weighted by Gasteiger charge is -2.19. The van der Waals surface area contributed by atoms with Crippen LogP contribution in [0.25, 0.3) is 0 Å². The lowest BCUT2D eigenvalue weighted by Crippen LogP contribution is -2.33. The number of aryl methyl sites for hydroxylation is 1. The zero-order valence-corrected chi connectivity index (χ0v) is 11.0. The monoisotopic (exact) mass is 232 g/mol. The quantitative estimate of drug-likeness (QED) is 0.867. The van der Waals surface area contributed by atoms with Gasteiger partial charge in [0.25, 0.3) is 0 Å². The zero-order chi connectivity index (χ0) is 12.6. The Kier molecular flexibility index (Phi) is 3.20. The van der Waals surface area contributed by atoms with Crippen molar-refractivity contribution in [2.45, 2.75) is 33.2 Å².